The summed E-state index contributed by atoms with van der Waals surface area (Å²) in [6.45, 7) is 5.54. The first-order valence-corrected chi connectivity index (χ1v) is 10.6. The molecule has 0 saturated carbocycles. The number of rotatable bonds is 8. The van der Waals surface area contributed by atoms with Gasteiger partial charge in [0.05, 0.1) is 0 Å². The standard InChI is InChI=1S/C26H28N2O4/c1-4-23(32-22-13-11-21(12-14-22)20-8-6-5-7-9-20)26(30)28-27-25(29)17-31-24-15-10-18(2)16-19(24)3/h5-16,23H,4,17H2,1-3H3,(H,27,29)(H,28,30). The molecule has 6 heteroatoms. The van der Waals surface area contributed by atoms with E-state index >= 15 is 0 Å². The molecule has 3 aromatic rings. The van der Waals surface area contributed by atoms with E-state index in [0.717, 1.165) is 22.3 Å². The van der Waals surface area contributed by atoms with E-state index in [-0.39, 0.29) is 6.61 Å². The molecule has 1 unspecified atom stereocenters. The number of ether oxygens (including phenoxy) is 2. The Labute approximate surface area is 188 Å². The van der Waals surface area contributed by atoms with Crippen LogP contribution >= 0.6 is 0 Å². The molecule has 3 rings (SSSR count). The van der Waals surface area contributed by atoms with Crippen molar-refractivity contribution in [1.82, 2.24) is 10.9 Å². The normalized spacial score (nSPS) is 11.3. The van der Waals surface area contributed by atoms with Gasteiger partial charge in [-0.1, -0.05) is 67.1 Å². The molecular formula is C26H28N2O4. The largest absolute Gasteiger partial charge is 0.483 e. The number of amides is 2. The lowest BCUT2D eigenvalue weighted by Crippen LogP contribution is -2.49. The highest BCUT2D eigenvalue weighted by atomic mass is 16.5. The molecule has 0 fully saturated rings. The minimum atomic E-state index is -0.738. The van der Waals surface area contributed by atoms with Crippen molar-refractivity contribution in [3.63, 3.8) is 0 Å². The van der Waals surface area contributed by atoms with Crippen molar-refractivity contribution < 1.29 is 19.1 Å². The second-order valence-corrected chi connectivity index (χ2v) is 7.50. The van der Waals surface area contributed by atoms with Gasteiger partial charge in [-0.2, -0.15) is 0 Å². The predicted molar refractivity (Wildman–Crippen MR) is 124 cm³/mol. The number of carbonyl (C=O) groups is 2. The summed E-state index contributed by atoms with van der Waals surface area (Å²) in [6.07, 6.45) is -0.292. The van der Waals surface area contributed by atoms with Gasteiger partial charge >= 0.3 is 0 Å². The summed E-state index contributed by atoms with van der Waals surface area (Å²) in [5.41, 5.74) is 9.01. The molecule has 6 nitrogen and oxygen atoms in total. The molecule has 0 heterocycles. The zero-order valence-electron chi connectivity index (χ0n) is 18.6. The van der Waals surface area contributed by atoms with Crippen LogP contribution in [0.3, 0.4) is 0 Å². The molecule has 1 atom stereocenters. The molecule has 166 valence electrons. The fourth-order valence-electron chi connectivity index (χ4n) is 3.20. The third-order valence-corrected chi connectivity index (χ3v) is 4.92. The van der Waals surface area contributed by atoms with Crippen molar-refractivity contribution >= 4 is 11.8 Å². The zero-order valence-corrected chi connectivity index (χ0v) is 18.6. The van der Waals surface area contributed by atoms with Crippen LogP contribution in [-0.2, 0) is 9.59 Å². The van der Waals surface area contributed by atoms with Gasteiger partial charge in [-0.15, -0.1) is 0 Å². The maximum atomic E-state index is 12.4. The summed E-state index contributed by atoms with van der Waals surface area (Å²) in [4.78, 5) is 24.5. The Morgan fingerprint density at radius 2 is 1.56 bits per heavy atom. The van der Waals surface area contributed by atoms with Gasteiger partial charge in [0.1, 0.15) is 11.5 Å². The van der Waals surface area contributed by atoms with Gasteiger partial charge < -0.3 is 9.47 Å². The van der Waals surface area contributed by atoms with Crippen molar-refractivity contribution in [3.8, 4) is 22.6 Å². The van der Waals surface area contributed by atoms with E-state index in [1.54, 1.807) is 0 Å². The van der Waals surface area contributed by atoms with Crippen LogP contribution in [0.1, 0.15) is 24.5 Å². The summed E-state index contributed by atoms with van der Waals surface area (Å²) >= 11 is 0. The van der Waals surface area contributed by atoms with Crippen molar-refractivity contribution in [2.75, 3.05) is 6.61 Å². The van der Waals surface area contributed by atoms with Crippen LogP contribution in [0.4, 0.5) is 0 Å². The average molecular weight is 433 g/mol. The Bertz CT molecular complexity index is 1050. The minimum Gasteiger partial charge on any atom is -0.483 e. The average Bonchev–Trinajstić information content (AvgIpc) is 2.81. The quantitative estimate of drug-likeness (QED) is 0.519. The molecule has 2 N–H and O–H groups in total. The zero-order chi connectivity index (χ0) is 22.9. The van der Waals surface area contributed by atoms with Crippen LogP contribution in [0.25, 0.3) is 11.1 Å². The maximum absolute atomic E-state index is 12.4. The number of aryl methyl sites for hydroxylation is 2. The molecule has 0 spiro atoms. The molecule has 0 aliphatic heterocycles. The second-order valence-electron chi connectivity index (χ2n) is 7.50. The van der Waals surface area contributed by atoms with Crippen molar-refractivity contribution in [2.24, 2.45) is 0 Å². The third-order valence-electron chi connectivity index (χ3n) is 4.92. The van der Waals surface area contributed by atoms with E-state index in [1.165, 1.54) is 0 Å². The van der Waals surface area contributed by atoms with Crippen LogP contribution in [0, 0.1) is 13.8 Å². The Hall–Kier alpha value is -3.80. The van der Waals surface area contributed by atoms with Gasteiger partial charge in [0.25, 0.3) is 11.8 Å². The SMILES string of the molecule is CCC(Oc1ccc(-c2ccccc2)cc1)C(=O)NNC(=O)COc1ccc(C)cc1C. The molecule has 0 aliphatic carbocycles. The Morgan fingerprint density at radius 1 is 0.875 bits per heavy atom. The monoisotopic (exact) mass is 432 g/mol. The lowest BCUT2D eigenvalue weighted by atomic mass is 10.1. The van der Waals surface area contributed by atoms with Crippen molar-refractivity contribution in [3.05, 3.63) is 83.9 Å². The summed E-state index contributed by atoms with van der Waals surface area (Å²) in [5, 5.41) is 0. The molecule has 0 aliphatic rings. The van der Waals surface area contributed by atoms with E-state index in [9.17, 15) is 9.59 Å². The molecule has 0 radical (unpaired) electrons. The summed E-state index contributed by atoms with van der Waals surface area (Å²) in [7, 11) is 0. The van der Waals surface area contributed by atoms with Gasteiger partial charge in [-0.25, -0.2) is 0 Å². The maximum Gasteiger partial charge on any atom is 0.279 e. The minimum absolute atomic E-state index is 0.206. The number of hydrogen-bond donors (Lipinski definition) is 2. The highest BCUT2D eigenvalue weighted by Gasteiger charge is 2.19. The summed E-state index contributed by atoms with van der Waals surface area (Å²) in [5.74, 6) is 0.321. The lowest BCUT2D eigenvalue weighted by Gasteiger charge is -2.18. The van der Waals surface area contributed by atoms with E-state index in [0.29, 0.717) is 17.9 Å². The van der Waals surface area contributed by atoms with E-state index in [1.807, 2.05) is 93.6 Å². The van der Waals surface area contributed by atoms with Crippen LogP contribution in [0.2, 0.25) is 0 Å². The summed E-state index contributed by atoms with van der Waals surface area (Å²) < 4.78 is 11.3. The first-order chi connectivity index (χ1) is 15.5. The molecule has 0 aromatic heterocycles. The van der Waals surface area contributed by atoms with Crippen molar-refractivity contribution in [1.29, 1.82) is 0 Å². The highest BCUT2D eigenvalue weighted by molar-refractivity contribution is 5.85. The molecule has 32 heavy (non-hydrogen) atoms. The fraction of sp³-hybridized carbons (Fsp3) is 0.231. The number of hydrazine groups is 1. The topological polar surface area (TPSA) is 76.7 Å². The van der Waals surface area contributed by atoms with E-state index in [4.69, 9.17) is 9.47 Å². The highest BCUT2D eigenvalue weighted by Crippen LogP contribution is 2.23. The van der Waals surface area contributed by atoms with Gasteiger partial charge in [-0.05, 0) is 55.2 Å². The molecule has 3 aromatic carbocycles. The first-order valence-electron chi connectivity index (χ1n) is 10.6. The third kappa shape index (κ3) is 6.35. The molecule has 0 bridgehead atoms. The molecule has 2 amide bonds. The van der Waals surface area contributed by atoms with Gasteiger partial charge in [-0.3, -0.25) is 20.4 Å². The predicted octanol–water partition coefficient (Wildman–Crippen LogP) is 4.35. The Kier molecular flexibility index (Phi) is 7.86. The molecule has 0 saturated heterocycles. The Balaban J connectivity index is 1.48. The number of hydrogen-bond acceptors (Lipinski definition) is 4. The van der Waals surface area contributed by atoms with Crippen LogP contribution in [0.15, 0.2) is 72.8 Å². The van der Waals surface area contributed by atoms with E-state index < -0.39 is 17.9 Å². The smallest absolute Gasteiger partial charge is 0.279 e. The van der Waals surface area contributed by atoms with E-state index in [2.05, 4.69) is 10.9 Å². The van der Waals surface area contributed by atoms with Crippen molar-refractivity contribution in [2.45, 2.75) is 33.3 Å². The summed E-state index contributed by atoms with van der Waals surface area (Å²) in [6, 6.07) is 23.3. The number of benzene rings is 3. The van der Waals surface area contributed by atoms with Crippen LogP contribution in [0.5, 0.6) is 11.5 Å². The van der Waals surface area contributed by atoms with Crippen LogP contribution in [-0.4, -0.2) is 24.5 Å². The fourth-order valence-corrected chi connectivity index (χ4v) is 3.20. The first kappa shape index (κ1) is 22.9. The number of carbonyl (C=O) groups excluding carboxylic acids is 2. The molecular weight excluding hydrogens is 404 g/mol. The van der Waals surface area contributed by atoms with Gasteiger partial charge in [0, 0.05) is 0 Å². The number of nitrogens with one attached hydrogen (secondary N) is 2. The lowest BCUT2D eigenvalue weighted by molar-refractivity contribution is -0.134. The van der Waals surface area contributed by atoms with Gasteiger partial charge in [0.15, 0.2) is 12.7 Å². The van der Waals surface area contributed by atoms with Crippen LogP contribution < -0.4 is 20.3 Å². The van der Waals surface area contributed by atoms with Gasteiger partial charge in [0.2, 0.25) is 0 Å². The second kappa shape index (κ2) is 11.0. The Morgan fingerprint density at radius 3 is 2.22 bits per heavy atom.